The minimum atomic E-state index is -0.962. The zero-order valence-corrected chi connectivity index (χ0v) is 18.3. The highest BCUT2D eigenvalue weighted by Crippen LogP contribution is 2.43. The van der Waals surface area contributed by atoms with Gasteiger partial charge in [-0.05, 0) is 23.8 Å². The molecule has 1 atom stereocenters. The highest BCUT2D eigenvalue weighted by Gasteiger charge is 2.43. The Hall–Kier alpha value is -4.58. The van der Waals surface area contributed by atoms with E-state index in [1.54, 1.807) is 48.5 Å². The number of nitriles is 1. The van der Waals surface area contributed by atoms with Crippen LogP contribution in [-0.4, -0.2) is 39.1 Å². The second-order valence-corrected chi connectivity index (χ2v) is 6.96. The molecule has 0 fully saturated rings. The van der Waals surface area contributed by atoms with Gasteiger partial charge in [0.15, 0.2) is 0 Å². The third kappa shape index (κ3) is 4.14. The summed E-state index contributed by atoms with van der Waals surface area (Å²) in [6.07, 6.45) is 0. The monoisotopic (exact) mass is 446 g/mol. The number of nitrogens with one attached hydrogen (secondary N) is 1. The van der Waals surface area contributed by atoms with E-state index in [0.717, 1.165) is 0 Å². The van der Waals surface area contributed by atoms with Gasteiger partial charge in [-0.1, -0.05) is 36.4 Å². The first kappa shape index (κ1) is 23.1. The number of nitrogens with zero attached hydrogens (tertiary/aromatic N) is 2. The molecule has 1 unspecified atom stereocenters. The molecular weight excluding hydrogens is 424 g/mol. The molecule has 3 N–H and O–H groups in total. The summed E-state index contributed by atoms with van der Waals surface area (Å²) in [6.45, 7) is 0. The number of methoxy groups -OCH3 is 2. The summed E-state index contributed by atoms with van der Waals surface area (Å²) in [5.41, 5.74) is 7.30. The van der Waals surface area contributed by atoms with Gasteiger partial charge in [-0.3, -0.25) is 9.69 Å². The maximum Gasteiger partial charge on any atom is 0.355 e. The van der Waals surface area contributed by atoms with Crippen molar-refractivity contribution < 1.29 is 23.9 Å². The Labute approximate surface area is 190 Å². The summed E-state index contributed by atoms with van der Waals surface area (Å²) >= 11 is 0. The van der Waals surface area contributed by atoms with Crippen LogP contribution in [0.3, 0.4) is 0 Å². The van der Waals surface area contributed by atoms with Gasteiger partial charge in [0.05, 0.1) is 37.4 Å². The number of anilines is 1. The topological polar surface area (TPSA) is 135 Å². The minimum Gasteiger partial charge on any atom is -0.466 e. The molecule has 1 aliphatic heterocycles. The largest absolute Gasteiger partial charge is 0.466 e. The van der Waals surface area contributed by atoms with E-state index in [1.165, 1.54) is 32.2 Å². The third-order valence-electron chi connectivity index (χ3n) is 5.20. The molecule has 2 aromatic carbocycles. The number of ether oxygens (including phenoxy) is 2. The first-order valence-electron chi connectivity index (χ1n) is 9.87. The Morgan fingerprint density at radius 3 is 2.27 bits per heavy atom. The Morgan fingerprint density at radius 2 is 1.70 bits per heavy atom. The number of esters is 2. The van der Waals surface area contributed by atoms with E-state index in [2.05, 4.69) is 11.4 Å². The fraction of sp³-hybridized carbons (Fsp3) is 0.167. The van der Waals surface area contributed by atoms with Crippen molar-refractivity contribution in [3.8, 4) is 6.07 Å². The van der Waals surface area contributed by atoms with Gasteiger partial charge in [0, 0.05) is 18.3 Å². The predicted octanol–water partition coefficient (Wildman–Crippen LogP) is 1.94. The molecule has 0 radical (unpaired) electrons. The lowest BCUT2D eigenvalue weighted by molar-refractivity contribution is -0.139. The van der Waals surface area contributed by atoms with Crippen molar-refractivity contribution in [1.82, 2.24) is 5.32 Å². The molecule has 2 aromatic rings. The maximum atomic E-state index is 13.0. The predicted molar refractivity (Wildman–Crippen MR) is 119 cm³/mol. The highest BCUT2D eigenvalue weighted by molar-refractivity contribution is 6.06. The lowest BCUT2D eigenvalue weighted by Crippen LogP contribution is -2.40. The number of amides is 1. The van der Waals surface area contributed by atoms with Crippen LogP contribution in [0.15, 0.2) is 77.3 Å². The molecule has 0 saturated carbocycles. The molecule has 0 aromatic heterocycles. The fourth-order valence-corrected chi connectivity index (χ4v) is 3.71. The number of allylic oxidation sites excluding steroid dienone is 1. The van der Waals surface area contributed by atoms with Gasteiger partial charge < -0.3 is 20.5 Å². The molecular formula is C24H22N4O5. The van der Waals surface area contributed by atoms with Crippen LogP contribution in [0.4, 0.5) is 5.69 Å². The van der Waals surface area contributed by atoms with E-state index < -0.39 is 17.9 Å². The van der Waals surface area contributed by atoms with E-state index in [1.807, 2.05) is 0 Å². The molecule has 0 aliphatic carbocycles. The van der Waals surface area contributed by atoms with Crippen molar-refractivity contribution in [2.45, 2.75) is 5.92 Å². The molecule has 9 heteroatoms. The summed E-state index contributed by atoms with van der Waals surface area (Å²) in [6, 6.07) is 17.0. The molecule has 0 saturated heterocycles. The van der Waals surface area contributed by atoms with Crippen molar-refractivity contribution in [3.05, 3.63) is 88.4 Å². The average molecular weight is 446 g/mol. The lowest BCUT2D eigenvalue weighted by atomic mass is 9.81. The summed E-state index contributed by atoms with van der Waals surface area (Å²) in [4.78, 5) is 39.4. The van der Waals surface area contributed by atoms with Crippen LogP contribution >= 0.6 is 0 Å². The van der Waals surface area contributed by atoms with E-state index in [0.29, 0.717) is 5.56 Å². The number of carbonyl (C=O) groups is 3. The maximum absolute atomic E-state index is 13.0. The Bertz CT molecular complexity index is 1210. The highest BCUT2D eigenvalue weighted by atomic mass is 16.5. The first-order valence-corrected chi connectivity index (χ1v) is 9.87. The summed E-state index contributed by atoms with van der Waals surface area (Å²) < 4.78 is 9.97. The number of benzene rings is 2. The van der Waals surface area contributed by atoms with Crippen LogP contribution in [0.25, 0.3) is 0 Å². The van der Waals surface area contributed by atoms with Crippen LogP contribution in [0.5, 0.6) is 0 Å². The van der Waals surface area contributed by atoms with Crippen molar-refractivity contribution in [2.75, 3.05) is 26.2 Å². The van der Waals surface area contributed by atoms with E-state index >= 15 is 0 Å². The number of nitrogens with two attached hydrogens (primary N) is 1. The molecule has 168 valence electrons. The van der Waals surface area contributed by atoms with E-state index in [4.69, 9.17) is 15.2 Å². The van der Waals surface area contributed by atoms with Crippen molar-refractivity contribution in [1.29, 1.82) is 5.26 Å². The molecule has 1 heterocycles. The number of carbonyl (C=O) groups excluding carboxylic acids is 3. The number of hydrogen-bond donors (Lipinski definition) is 2. The standard InChI is InChI=1S/C24H22N4O5/c1-27-22(29)15-10-7-11-16(12-15)28-20(24(31)33-3)19(23(30)32-2)18(17(13-25)21(28)26)14-8-5-4-6-9-14/h4-12,18H,26H2,1-3H3,(H,27,29). The smallest absolute Gasteiger partial charge is 0.355 e. The van der Waals surface area contributed by atoms with Crippen LogP contribution in [0.2, 0.25) is 0 Å². The molecule has 1 aliphatic rings. The second-order valence-electron chi connectivity index (χ2n) is 6.96. The summed E-state index contributed by atoms with van der Waals surface area (Å²) in [7, 11) is 3.83. The fourth-order valence-electron chi connectivity index (χ4n) is 3.71. The van der Waals surface area contributed by atoms with Crippen molar-refractivity contribution in [3.63, 3.8) is 0 Å². The third-order valence-corrected chi connectivity index (χ3v) is 5.20. The normalized spacial score (nSPS) is 15.6. The van der Waals surface area contributed by atoms with Gasteiger partial charge in [-0.15, -0.1) is 0 Å². The SMILES string of the molecule is CNC(=O)c1cccc(N2C(N)=C(C#N)C(c3ccccc3)C(C(=O)OC)=C2C(=O)OC)c1. The molecule has 9 nitrogen and oxygen atoms in total. The van der Waals surface area contributed by atoms with Gasteiger partial charge in [-0.2, -0.15) is 5.26 Å². The Morgan fingerprint density at radius 1 is 1.03 bits per heavy atom. The lowest BCUT2D eigenvalue weighted by Gasteiger charge is -2.36. The molecule has 33 heavy (non-hydrogen) atoms. The summed E-state index contributed by atoms with van der Waals surface area (Å²) in [5, 5.41) is 12.5. The quantitative estimate of drug-likeness (QED) is 0.666. The minimum absolute atomic E-state index is 0.0413. The zero-order chi connectivity index (χ0) is 24.1. The summed E-state index contributed by atoms with van der Waals surface area (Å²) in [5.74, 6) is -3.08. The Balaban J connectivity index is 2.39. The van der Waals surface area contributed by atoms with Crippen LogP contribution in [0, 0.1) is 11.3 Å². The van der Waals surface area contributed by atoms with Gasteiger partial charge in [-0.25, -0.2) is 9.59 Å². The molecule has 3 rings (SSSR count). The van der Waals surface area contributed by atoms with Crippen molar-refractivity contribution >= 4 is 23.5 Å². The average Bonchev–Trinajstić information content (AvgIpc) is 2.86. The van der Waals surface area contributed by atoms with Gasteiger partial charge in [0.1, 0.15) is 11.5 Å². The van der Waals surface area contributed by atoms with E-state index in [-0.39, 0.29) is 39.8 Å². The van der Waals surface area contributed by atoms with Crippen LogP contribution < -0.4 is 16.0 Å². The van der Waals surface area contributed by atoms with Gasteiger partial charge >= 0.3 is 11.9 Å². The van der Waals surface area contributed by atoms with Gasteiger partial charge in [0.25, 0.3) is 5.91 Å². The molecule has 0 spiro atoms. The number of hydrogen-bond acceptors (Lipinski definition) is 8. The number of rotatable bonds is 5. The first-order chi connectivity index (χ1) is 15.9. The second kappa shape index (κ2) is 9.70. The van der Waals surface area contributed by atoms with Gasteiger partial charge in [0.2, 0.25) is 0 Å². The molecule has 0 bridgehead atoms. The van der Waals surface area contributed by atoms with Crippen molar-refractivity contribution in [2.24, 2.45) is 5.73 Å². The van der Waals surface area contributed by atoms with Crippen LogP contribution in [0.1, 0.15) is 21.8 Å². The zero-order valence-electron chi connectivity index (χ0n) is 18.3. The van der Waals surface area contributed by atoms with Crippen LogP contribution in [-0.2, 0) is 19.1 Å². The van der Waals surface area contributed by atoms with E-state index in [9.17, 15) is 19.6 Å². The molecule has 1 amide bonds. The Kier molecular flexibility index (Phi) is 6.79.